The fourth-order valence-corrected chi connectivity index (χ4v) is 2.40. The van der Waals surface area contributed by atoms with Gasteiger partial charge in [0.05, 0.1) is 0 Å². The molecule has 0 saturated heterocycles. The Bertz CT molecular complexity index is 446. The van der Waals surface area contributed by atoms with Gasteiger partial charge in [-0.25, -0.2) is 0 Å². The van der Waals surface area contributed by atoms with Crippen molar-refractivity contribution in [2.24, 2.45) is 0 Å². The standard InChI is InChI=1S/C15H17OP/c1-4-7-12-10-11-15(17-16)14(9-6-3)13(12)8-5-2/h4-6,10-11H,1-3,7-9H2. The highest BCUT2D eigenvalue weighted by molar-refractivity contribution is 7.34. The van der Waals surface area contributed by atoms with Crippen LogP contribution >= 0.6 is 8.46 Å². The van der Waals surface area contributed by atoms with E-state index in [0.29, 0.717) is 0 Å². The molecule has 2 heteroatoms. The predicted molar refractivity (Wildman–Crippen MR) is 75.4 cm³/mol. The van der Waals surface area contributed by atoms with Crippen LogP contribution in [0.3, 0.4) is 0 Å². The van der Waals surface area contributed by atoms with Crippen LogP contribution in [0.1, 0.15) is 16.7 Å². The van der Waals surface area contributed by atoms with E-state index >= 15 is 0 Å². The predicted octanol–water partition coefficient (Wildman–Crippen LogP) is 3.79. The molecule has 1 rings (SSSR count). The van der Waals surface area contributed by atoms with Gasteiger partial charge in [-0.15, -0.1) is 19.7 Å². The van der Waals surface area contributed by atoms with E-state index in [0.717, 1.165) is 30.1 Å². The molecule has 0 saturated carbocycles. The van der Waals surface area contributed by atoms with E-state index in [4.69, 9.17) is 0 Å². The maximum Gasteiger partial charge on any atom is 0.192 e. The van der Waals surface area contributed by atoms with Gasteiger partial charge in [0, 0.05) is 5.30 Å². The van der Waals surface area contributed by atoms with Crippen molar-refractivity contribution in [3.8, 4) is 0 Å². The number of hydrogen-bond donors (Lipinski definition) is 0. The maximum atomic E-state index is 11.1. The number of allylic oxidation sites excluding steroid dienone is 3. The van der Waals surface area contributed by atoms with Crippen molar-refractivity contribution in [1.82, 2.24) is 0 Å². The van der Waals surface area contributed by atoms with Crippen LogP contribution in [0.5, 0.6) is 0 Å². The summed E-state index contributed by atoms with van der Waals surface area (Å²) in [5, 5.41) is 0.842. The normalized spacial score (nSPS) is 10.1. The van der Waals surface area contributed by atoms with Crippen LogP contribution in [0.15, 0.2) is 50.1 Å². The van der Waals surface area contributed by atoms with Gasteiger partial charge in [0.1, 0.15) is 0 Å². The van der Waals surface area contributed by atoms with Crippen molar-refractivity contribution in [1.29, 1.82) is 0 Å². The van der Waals surface area contributed by atoms with Crippen LogP contribution < -0.4 is 5.30 Å². The molecule has 0 aliphatic carbocycles. The first kappa shape index (κ1) is 13.6. The van der Waals surface area contributed by atoms with Crippen LogP contribution in [0, 0.1) is 0 Å². The molecule has 1 aromatic carbocycles. The second kappa shape index (κ2) is 6.98. The quantitative estimate of drug-likeness (QED) is 0.527. The van der Waals surface area contributed by atoms with E-state index in [9.17, 15) is 4.57 Å². The molecule has 0 radical (unpaired) electrons. The average molecular weight is 244 g/mol. The van der Waals surface area contributed by atoms with Gasteiger partial charge in [-0.2, -0.15) is 0 Å². The summed E-state index contributed by atoms with van der Waals surface area (Å²) >= 11 is 0. The topological polar surface area (TPSA) is 17.1 Å². The largest absolute Gasteiger partial charge is 0.269 e. The molecule has 0 atom stereocenters. The lowest BCUT2D eigenvalue weighted by Gasteiger charge is -2.13. The van der Waals surface area contributed by atoms with E-state index in [2.05, 4.69) is 19.7 Å². The van der Waals surface area contributed by atoms with Gasteiger partial charge in [0.2, 0.25) is 0 Å². The Morgan fingerprint density at radius 2 is 1.53 bits per heavy atom. The average Bonchev–Trinajstić information content (AvgIpc) is 2.34. The van der Waals surface area contributed by atoms with E-state index in [1.807, 2.05) is 30.4 Å². The highest BCUT2D eigenvalue weighted by atomic mass is 31.1. The molecule has 0 N–H and O–H groups in total. The molecule has 1 nitrogen and oxygen atoms in total. The first-order valence-corrected chi connectivity index (χ1v) is 6.39. The third-order valence-electron chi connectivity index (χ3n) is 2.66. The summed E-state index contributed by atoms with van der Waals surface area (Å²) in [6.45, 7) is 11.3. The van der Waals surface area contributed by atoms with Gasteiger partial charge >= 0.3 is 0 Å². The van der Waals surface area contributed by atoms with Crippen LogP contribution in [0.2, 0.25) is 0 Å². The lowest BCUT2D eigenvalue weighted by Crippen LogP contribution is -2.09. The lowest BCUT2D eigenvalue weighted by atomic mass is 9.94. The third-order valence-corrected chi connectivity index (χ3v) is 3.28. The van der Waals surface area contributed by atoms with Crippen molar-refractivity contribution in [3.63, 3.8) is 0 Å². The zero-order valence-electron chi connectivity index (χ0n) is 9.98. The van der Waals surface area contributed by atoms with Crippen molar-refractivity contribution in [3.05, 3.63) is 66.8 Å². The maximum absolute atomic E-state index is 11.1. The summed E-state index contributed by atoms with van der Waals surface area (Å²) < 4.78 is 11.1. The Labute approximate surface area is 105 Å². The fourth-order valence-electron chi connectivity index (χ4n) is 1.93. The first-order chi connectivity index (χ1) is 8.28. The van der Waals surface area contributed by atoms with Crippen LogP contribution in [-0.2, 0) is 23.8 Å². The molecule has 0 aromatic heterocycles. The zero-order valence-corrected chi connectivity index (χ0v) is 10.9. The highest BCUT2D eigenvalue weighted by Crippen LogP contribution is 2.19. The Hall–Kier alpha value is -1.46. The highest BCUT2D eigenvalue weighted by Gasteiger charge is 2.10. The summed E-state index contributed by atoms with van der Waals surface area (Å²) in [6.07, 6.45) is 7.94. The summed E-state index contributed by atoms with van der Waals surface area (Å²) in [6, 6.07) is 3.94. The van der Waals surface area contributed by atoms with E-state index in [1.165, 1.54) is 11.1 Å². The lowest BCUT2D eigenvalue weighted by molar-refractivity contribution is 0.603. The Morgan fingerprint density at radius 3 is 2.06 bits per heavy atom. The van der Waals surface area contributed by atoms with Gasteiger partial charge < -0.3 is 0 Å². The van der Waals surface area contributed by atoms with Crippen LogP contribution in [0.25, 0.3) is 0 Å². The van der Waals surface area contributed by atoms with Gasteiger partial charge in [-0.3, -0.25) is 4.57 Å². The van der Waals surface area contributed by atoms with E-state index < -0.39 is 0 Å². The van der Waals surface area contributed by atoms with Gasteiger partial charge in [-0.05, 0) is 42.0 Å². The Morgan fingerprint density at radius 1 is 0.941 bits per heavy atom. The van der Waals surface area contributed by atoms with Gasteiger partial charge in [0.15, 0.2) is 8.46 Å². The Kier molecular flexibility index (Phi) is 5.59. The minimum absolute atomic E-state index is 0.0622. The summed E-state index contributed by atoms with van der Waals surface area (Å²) in [5.74, 6) is 0. The molecule has 0 amide bonds. The molecule has 0 aliphatic heterocycles. The summed E-state index contributed by atoms with van der Waals surface area (Å²) in [5.41, 5.74) is 3.54. The van der Waals surface area contributed by atoms with Crippen LogP contribution in [-0.4, -0.2) is 0 Å². The molecule has 0 aliphatic rings. The molecule has 17 heavy (non-hydrogen) atoms. The van der Waals surface area contributed by atoms with E-state index in [1.54, 1.807) is 0 Å². The minimum Gasteiger partial charge on any atom is -0.269 e. The third kappa shape index (κ3) is 3.25. The number of benzene rings is 1. The van der Waals surface area contributed by atoms with Crippen molar-refractivity contribution < 1.29 is 4.57 Å². The van der Waals surface area contributed by atoms with Crippen molar-refractivity contribution >= 4 is 13.8 Å². The second-order valence-corrected chi connectivity index (χ2v) is 4.43. The molecule has 1 aromatic rings. The monoisotopic (exact) mass is 244 g/mol. The summed E-state index contributed by atoms with van der Waals surface area (Å²) in [7, 11) is 0.0622. The molecule has 0 heterocycles. The van der Waals surface area contributed by atoms with Crippen LogP contribution in [0.4, 0.5) is 0 Å². The zero-order chi connectivity index (χ0) is 12.7. The van der Waals surface area contributed by atoms with Gasteiger partial charge in [0.25, 0.3) is 0 Å². The molecular weight excluding hydrogens is 227 g/mol. The molecule has 88 valence electrons. The first-order valence-electron chi connectivity index (χ1n) is 5.58. The van der Waals surface area contributed by atoms with Crippen molar-refractivity contribution in [2.45, 2.75) is 19.3 Å². The smallest absolute Gasteiger partial charge is 0.192 e. The molecule has 0 spiro atoms. The number of rotatable bonds is 7. The SMILES string of the molecule is C=CCc1ccc(P=O)c(CC=C)c1CC=C. The molecule has 0 fully saturated rings. The summed E-state index contributed by atoms with van der Waals surface area (Å²) in [4.78, 5) is 0. The van der Waals surface area contributed by atoms with Crippen molar-refractivity contribution in [2.75, 3.05) is 0 Å². The number of hydrogen-bond acceptors (Lipinski definition) is 1. The molecular formula is C15H17OP. The molecule has 0 unspecified atom stereocenters. The fraction of sp³-hybridized carbons (Fsp3) is 0.200. The van der Waals surface area contributed by atoms with Gasteiger partial charge in [-0.1, -0.05) is 24.3 Å². The molecule has 0 bridgehead atoms. The second-order valence-electron chi connectivity index (χ2n) is 3.77. The van der Waals surface area contributed by atoms with E-state index in [-0.39, 0.29) is 8.46 Å². The Balaban J connectivity index is 3.38. The minimum atomic E-state index is 0.0622.